The van der Waals surface area contributed by atoms with Crippen LogP contribution in [0.4, 0.5) is 10.2 Å². The first-order chi connectivity index (χ1) is 18.5. The standard InChI is InChI=1S/C30H28ClFN4O2/c1-38-20-27-26(19-21-6-5-9-24(31)18-21)29(34-28(33-27)22-7-3-2-4-8-22)35-14-16-36(17-15-35)30(37)23-10-12-25(32)13-11-23/h2-13,18H,14-17,19-20H2,1H3. The van der Waals surface area contributed by atoms with Gasteiger partial charge >= 0.3 is 0 Å². The lowest BCUT2D eigenvalue weighted by atomic mass is 10.0. The summed E-state index contributed by atoms with van der Waals surface area (Å²) in [6.45, 7) is 2.60. The van der Waals surface area contributed by atoms with Gasteiger partial charge in [-0.2, -0.15) is 0 Å². The van der Waals surface area contributed by atoms with E-state index < -0.39 is 0 Å². The summed E-state index contributed by atoms with van der Waals surface area (Å²) in [4.78, 5) is 27.0. The molecule has 0 spiro atoms. The number of carbonyl (C=O) groups excluding carboxylic acids is 1. The Kier molecular flexibility index (Phi) is 7.96. The monoisotopic (exact) mass is 530 g/mol. The van der Waals surface area contributed by atoms with Crippen molar-refractivity contribution >= 4 is 23.3 Å². The molecule has 8 heteroatoms. The topological polar surface area (TPSA) is 58.6 Å². The summed E-state index contributed by atoms with van der Waals surface area (Å²) in [6.07, 6.45) is 0.596. The highest BCUT2D eigenvalue weighted by Crippen LogP contribution is 2.30. The van der Waals surface area contributed by atoms with E-state index in [2.05, 4.69) is 4.90 Å². The number of hydrogen-bond donors (Lipinski definition) is 0. The molecule has 0 saturated carbocycles. The molecular formula is C30H28ClFN4O2. The van der Waals surface area contributed by atoms with Crippen molar-refractivity contribution in [3.8, 4) is 11.4 Å². The van der Waals surface area contributed by atoms with Crippen molar-refractivity contribution in [3.05, 3.63) is 112 Å². The lowest BCUT2D eigenvalue weighted by molar-refractivity contribution is 0.0746. The van der Waals surface area contributed by atoms with Gasteiger partial charge in [-0.3, -0.25) is 4.79 Å². The number of amides is 1. The summed E-state index contributed by atoms with van der Waals surface area (Å²) in [5, 5.41) is 0.673. The van der Waals surface area contributed by atoms with Gasteiger partial charge in [0.05, 0.1) is 12.3 Å². The van der Waals surface area contributed by atoms with E-state index in [1.54, 1.807) is 12.0 Å². The number of nitrogens with zero attached hydrogens (tertiary/aromatic N) is 4. The second-order valence-corrected chi connectivity index (χ2v) is 9.62. The Bertz CT molecular complexity index is 1410. The average Bonchev–Trinajstić information content (AvgIpc) is 2.95. The number of carbonyl (C=O) groups is 1. The van der Waals surface area contributed by atoms with E-state index in [9.17, 15) is 9.18 Å². The van der Waals surface area contributed by atoms with Crippen molar-refractivity contribution in [2.24, 2.45) is 0 Å². The molecule has 1 saturated heterocycles. The van der Waals surface area contributed by atoms with Crippen LogP contribution < -0.4 is 4.90 Å². The molecule has 0 aliphatic carbocycles. The summed E-state index contributed by atoms with van der Waals surface area (Å²) in [5.74, 6) is 1.01. The van der Waals surface area contributed by atoms with Gasteiger partial charge in [-0.1, -0.05) is 54.1 Å². The maximum Gasteiger partial charge on any atom is 0.253 e. The molecule has 0 radical (unpaired) electrons. The van der Waals surface area contributed by atoms with Crippen LogP contribution in [-0.2, 0) is 17.8 Å². The smallest absolute Gasteiger partial charge is 0.253 e. The van der Waals surface area contributed by atoms with Gasteiger partial charge in [-0.15, -0.1) is 0 Å². The van der Waals surface area contributed by atoms with E-state index in [-0.39, 0.29) is 11.7 Å². The quantitative estimate of drug-likeness (QED) is 0.310. The Morgan fingerprint density at radius 3 is 2.37 bits per heavy atom. The lowest BCUT2D eigenvalue weighted by Gasteiger charge is -2.36. The third kappa shape index (κ3) is 5.85. The highest BCUT2D eigenvalue weighted by molar-refractivity contribution is 6.30. The van der Waals surface area contributed by atoms with Gasteiger partial charge in [0.25, 0.3) is 5.91 Å². The summed E-state index contributed by atoms with van der Waals surface area (Å²) >= 11 is 6.29. The molecule has 3 aromatic carbocycles. The maximum absolute atomic E-state index is 13.3. The molecule has 1 aliphatic heterocycles. The molecule has 4 aromatic rings. The second-order valence-electron chi connectivity index (χ2n) is 9.19. The van der Waals surface area contributed by atoms with Gasteiger partial charge in [0, 0.05) is 61.4 Å². The van der Waals surface area contributed by atoms with Crippen molar-refractivity contribution in [2.45, 2.75) is 13.0 Å². The van der Waals surface area contributed by atoms with Crippen molar-refractivity contribution in [2.75, 3.05) is 38.2 Å². The number of benzene rings is 3. The minimum absolute atomic E-state index is 0.100. The van der Waals surface area contributed by atoms with Gasteiger partial charge in [0.2, 0.25) is 0 Å². The third-order valence-electron chi connectivity index (χ3n) is 6.61. The largest absolute Gasteiger partial charge is 0.378 e. The van der Waals surface area contributed by atoms with Crippen LogP contribution in [0.3, 0.4) is 0 Å². The lowest BCUT2D eigenvalue weighted by Crippen LogP contribution is -2.49. The molecule has 1 aromatic heterocycles. The number of halogens is 2. The molecule has 0 bridgehead atoms. The fourth-order valence-corrected chi connectivity index (χ4v) is 4.89. The van der Waals surface area contributed by atoms with Gasteiger partial charge in [-0.05, 0) is 42.0 Å². The van der Waals surface area contributed by atoms with Crippen molar-refractivity contribution in [1.82, 2.24) is 14.9 Å². The SMILES string of the molecule is COCc1nc(-c2ccccc2)nc(N2CCN(C(=O)c3ccc(F)cc3)CC2)c1Cc1cccc(Cl)c1. The number of hydrogen-bond acceptors (Lipinski definition) is 5. The van der Waals surface area contributed by atoms with E-state index >= 15 is 0 Å². The van der Waals surface area contributed by atoms with E-state index in [0.29, 0.717) is 55.6 Å². The zero-order valence-corrected chi connectivity index (χ0v) is 21.9. The Labute approximate surface area is 226 Å². The summed E-state index contributed by atoms with van der Waals surface area (Å²) < 4.78 is 18.9. The highest BCUT2D eigenvalue weighted by atomic mass is 35.5. The normalized spacial score (nSPS) is 13.6. The van der Waals surface area contributed by atoms with E-state index in [4.69, 9.17) is 26.3 Å². The first kappa shape index (κ1) is 25.8. The first-order valence-electron chi connectivity index (χ1n) is 12.5. The van der Waals surface area contributed by atoms with Crippen molar-refractivity contribution < 1.29 is 13.9 Å². The fraction of sp³-hybridized carbons (Fsp3) is 0.233. The van der Waals surface area contributed by atoms with Crippen LogP contribution in [0, 0.1) is 5.82 Å². The van der Waals surface area contributed by atoms with Crippen LogP contribution in [0.1, 0.15) is 27.2 Å². The third-order valence-corrected chi connectivity index (χ3v) is 6.85. The van der Waals surface area contributed by atoms with Crippen molar-refractivity contribution in [3.63, 3.8) is 0 Å². The first-order valence-corrected chi connectivity index (χ1v) is 12.9. The number of methoxy groups -OCH3 is 1. The van der Waals surface area contributed by atoms with Crippen LogP contribution in [-0.4, -0.2) is 54.1 Å². The molecule has 1 aliphatic rings. The number of rotatable bonds is 7. The Hall–Kier alpha value is -3.81. The van der Waals surface area contributed by atoms with Crippen LogP contribution in [0.25, 0.3) is 11.4 Å². The minimum atomic E-state index is -0.358. The van der Waals surface area contributed by atoms with Gasteiger partial charge in [0.15, 0.2) is 5.82 Å². The molecule has 1 amide bonds. The predicted octanol–water partition coefficient (Wildman–Crippen LogP) is 5.64. The minimum Gasteiger partial charge on any atom is -0.378 e. The summed E-state index contributed by atoms with van der Waals surface area (Å²) in [5.41, 5.74) is 4.26. The molecule has 0 unspecified atom stereocenters. The second kappa shape index (κ2) is 11.7. The maximum atomic E-state index is 13.3. The van der Waals surface area contributed by atoms with E-state index in [1.165, 1.54) is 24.3 Å². The van der Waals surface area contributed by atoms with Crippen molar-refractivity contribution in [1.29, 1.82) is 0 Å². The van der Waals surface area contributed by atoms with E-state index in [1.807, 2.05) is 54.6 Å². The number of anilines is 1. The zero-order chi connectivity index (χ0) is 26.5. The van der Waals surface area contributed by atoms with Crippen LogP contribution in [0.2, 0.25) is 5.02 Å². The van der Waals surface area contributed by atoms with Crippen LogP contribution in [0.15, 0.2) is 78.9 Å². The average molecular weight is 531 g/mol. The highest BCUT2D eigenvalue weighted by Gasteiger charge is 2.27. The molecule has 2 heterocycles. The van der Waals surface area contributed by atoms with Crippen LogP contribution >= 0.6 is 11.6 Å². The predicted molar refractivity (Wildman–Crippen MR) is 147 cm³/mol. The molecule has 38 heavy (non-hydrogen) atoms. The van der Waals surface area contributed by atoms with Gasteiger partial charge in [-0.25, -0.2) is 14.4 Å². The molecule has 5 rings (SSSR count). The number of ether oxygens (including phenoxy) is 1. The number of aromatic nitrogens is 2. The summed E-state index contributed by atoms with van der Waals surface area (Å²) in [7, 11) is 1.66. The molecule has 194 valence electrons. The van der Waals surface area contributed by atoms with E-state index in [0.717, 1.165) is 28.2 Å². The molecule has 0 atom stereocenters. The molecule has 6 nitrogen and oxygen atoms in total. The Balaban J connectivity index is 1.48. The molecule has 1 fully saturated rings. The van der Waals surface area contributed by atoms with Crippen LogP contribution in [0.5, 0.6) is 0 Å². The molecule has 0 N–H and O–H groups in total. The Morgan fingerprint density at radius 1 is 0.947 bits per heavy atom. The fourth-order valence-electron chi connectivity index (χ4n) is 4.68. The Morgan fingerprint density at radius 2 is 1.68 bits per heavy atom. The molecular weight excluding hydrogens is 503 g/mol. The van der Waals surface area contributed by atoms with Gasteiger partial charge < -0.3 is 14.5 Å². The number of piperazine rings is 1. The summed E-state index contributed by atoms with van der Waals surface area (Å²) in [6, 6.07) is 23.3. The van der Waals surface area contributed by atoms with Gasteiger partial charge in [0.1, 0.15) is 11.6 Å². The zero-order valence-electron chi connectivity index (χ0n) is 21.1.